The number of nitrogens with zero attached hydrogens (tertiary/aromatic N) is 3. The Kier molecular flexibility index (Phi) is 1.94. The minimum atomic E-state index is -0.891. The van der Waals surface area contributed by atoms with Crippen LogP contribution in [-0.2, 0) is 6.54 Å². The van der Waals surface area contributed by atoms with Gasteiger partial charge in [-0.25, -0.2) is 9.48 Å². The Hall–Kier alpha value is -1.52. The third-order valence-electron chi connectivity index (χ3n) is 2.54. The first-order valence-corrected chi connectivity index (χ1v) is 4.63. The highest BCUT2D eigenvalue weighted by Crippen LogP contribution is 2.26. The fraction of sp³-hybridized carbons (Fsp3) is 0.556. The first-order chi connectivity index (χ1) is 6.61. The van der Waals surface area contributed by atoms with Crippen molar-refractivity contribution in [3.05, 3.63) is 11.3 Å². The molecular formula is C9H13N3O2. The van der Waals surface area contributed by atoms with Crippen molar-refractivity contribution < 1.29 is 9.90 Å². The first kappa shape index (κ1) is 9.05. The Morgan fingerprint density at radius 1 is 1.50 bits per heavy atom. The van der Waals surface area contributed by atoms with E-state index >= 15 is 0 Å². The van der Waals surface area contributed by atoms with Crippen LogP contribution in [0.5, 0.6) is 0 Å². The predicted molar refractivity (Wildman–Crippen MR) is 51.8 cm³/mol. The highest BCUT2D eigenvalue weighted by atomic mass is 16.4. The van der Waals surface area contributed by atoms with Crippen molar-refractivity contribution in [1.82, 2.24) is 9.78 Å². The fourth-order valence-corrected chi connectivity index (χ4v) is 1.93. The van der Waals surface area contributed by atoms with Gasteiger partial charge in [0.2, 0.25) is 0 Å². The fourth-order valence-electron chi connectivity index (χ4n) is 1.93. The maximum absolute atomic E-state index is 11.0. The molecule has 0 fully saturated rings. The topological polar surface area (TPSA) is 58.4 Å². The molecule has 1 aliphatic rings. The maximum atomic E-state index is 11.0. The summed E-state index contributed by atoms with van der Waals surface area (Å²) >= 11 is 0. The second-order valence-corrected chi connectivity index (χ2v) is 3.59. The lowest BCUT2D eigenvalue weighted by Gasteiger charge is -2.25. The number of aryl methyl sites for hydroxylation is 2. The molecule has 1 N–H and O–H groups in total. The van der Waals surface area contributed by atoms with Crippen molar-refractivity contribution in [1.29, 1.82) is 0 Å². The summed E-state index contributed by atoms with van der Waals surface area (Å²) < 4.78 is 1.78. The van der Waals surface area contributed by atoms with Crippen LogP contribution in [-0.4, -0.2) is 34.4 Å². The third-order valence-corrected chi connectivity index (χ3v) is 2.54. The van der Waals surface area contributed by atoms with Gasteiger partial charge in [-0.15, -0.1) is 0 Å². The van der Waals surface area contributed by atoms with Crippen molar-refractivity contribution in [2.24, 2.45) is 0 Å². The molecule has 1 aliphatic heterocycles. The van der Waals surface area contributed by atoms with Gasteiger partial charge in [0.15, 0.2) is 0 Å². The van der Waals surface area contributed by atoms with Gasteiger partial charge in [-0.3, -0.25) is 0 Å². The molecule has 0 saturated carbocycles. The lowest BCUT2D eigenvalue weighted by atomic mass is 10.2. The van der Waals surface area contributed by atoms with Crippen molar-refractivity contribution in [2.75, 3.05) is 18.5 Å². The average molecular weight is 195 g/mol. The molecule has 5 heteroatoms. The highest BCUT2D eigenvalue weighted by molar-refractivity contribution is 5.94. The van der Waals surface area contributed by atoms with Crippen LogP contribution in [0.2, 0.25) is 0 Å². The standard InChI is InChI=1S/C9H13N3O2/c1-6-7(9(13)14)8-11(2)4-3-5-12(8)10-6/h3-5H2,1-2H3,(H,13,14). The van der Waals surface area contributed by atoms with E-state index in [1.54, 1.807) is 11.6 Å². The van der Waals surface area contributed by atoms with Crippen LogP contribution in [0.25, 0.3) is 0 Å². The normalized spacial score (nSPS) is 15.4. The summed E-state index contributed by atoms with van der Waals surface area (Å²) in [5.74, 6) is -0.154. The summed E-state index contributed by atoms with van der Waals surface area (Å²) in [4.78, 5) is 13.0. The van der Waals surface area contributed by atoms with E-state index in [9.17, 15) is 4.79 Å². The van der Waals surface area contributed by atoms with E-state index in [-0.39, 0.29) is 0 Å². The van der Waals surface area contributed by atoms with Gasteiger partial charge in [0.1, 0.15) is 11.4 Å². The Labute approximate surface area is 81.9 Å². The van der Waals surface area contributed by atoms with Gasteiger partial charge in [-0.1, -0.05) is 0 Å². The number of carboxylic acids is 1. The molecule has 0 radical (unpaired) electrons. The van der Waals surface area contributed by atoms with Gasteiger partial charge < -0.3 is 10.0 Å². The molecule has 0 bridgehead atoms. The van der Waals surface area contributed by atoms with E-state index in [0.717, 1.165) is 25.3 Å². The van der Waals surface area contributed by atoms with Crippen molar-refractivity contribution >= 4 is 11.8 Å². The predicted octanol–water partition coefficient (Wildman–Crippen LogP) is 0.730. The van der Waals surface area contributed by atoms with Crippen molar-refractivity contribution in [2.45, 2.75) is 19.9 Å². The SMILES string of the molecule is Cc1nn2c(c1C(=O)O)N(C)CCC2. The van der Waals surface area contributed by atoms with Crippen LogP contribution in [0.4, 0.5) is 5.82 Å². The average Bonchev–Trinajstić information content (AvgIpc) is 2.42. The largest absolute Gasteiger partial charge is 0.477 e. The quantitative estimate of drug-likeness (QED) is 0.717. The number of aromatic carboxylic acids is 1. The summed E-state index contributed by atoms with van der Waals surface area (Å²) in [6.07, 6.45) is 1.02. The highest BCUT2D eigenvalue weighted by Gasteiger charge is 2.25. The Morgan fingerprint density at radius 3 is 2.86 bits per heavy atom. The Morgan fingerprint density at radius 2 is 2.21 bits per heavy atom. The molecule has 2 rings (SSSR count). The van der Waals surface area contributed by atoms with Crippen molar-refractivity contribution in [3.63, 3.8) is 0 Å². The minimum Gasteiger partial charge on any atom is -0.477 e. The van der Waals surface area contributed by atoms with Gasteiger partial charge >= 0.3 is 5.97 Å². The number of fused-ring (bicyclic) bond motifs is 1. The second-order valence-electron chi connectivity index (χ2n) is 3.59. The van der Waals surface area contributed by atoms with E-state index < -0.39 is 5.97 Å². The molecule has 2 heterocycles. The first-order valence-electron chi connectivity index (χ1n) is 4.63. The molecule has 14 heavy (non-hydrogen) atoms. The number of carbonyl (C=O) groups is 1. The smallest absolute Gasteiger partial charge is 0.341 e. The van der Waals surface area contributed by atoms with Crippen LogP contribution >= 0.6 is 0 Å². The van der Waals surface area contributed by atoms with Crippen LogP contribution in [0.3, 0.4) is 0 Å². The molecule has 0 spiro atoms. The zero-order valence-electron chi connectivity index (χ0n) is 8.32. The van der Waals surface area contributed by atoms with Gasteiger partial charge in [-0.2, -0.15) is 5.10 Å². The van der Waals surface area contributed by atoms with Crippen LogP contribution in [0.1, 0.15) is 22.5 Å². The van der Waals surface area contributed by atoms with Gasteiger partial charge in [0.05, 0.1) is 5.69 Å². The van der Waals surface area contributed by atoms with Crippen LogP contribution < -0.4 is 4.90 Å². The maximum Gasteiger partial charge on any atom is 0.341 e. The molecule has 1 aromatic rings. The van der Waals surface area contributed by atoms with Crippen molar-refractivity contribution in [3.8, 4) is 0 Å². The molecule has 76 valence electrons. The molecule has 0 atom stereocenters. The summed E-state index contributed by atoms with van der Waals surface area (Å²) in [7, 11) is 1.90. The molecule has 1 aromatic heterocycles. The summed E-state index contributed by atoms with van der Waals surface area (Å²) in [5, 5.41) is 13.3. The zero-order valence-corrected chi connectivity index (χ0v) is 8.32. The zero-order chi connectivity index (χ0) is 10.3. The van der Waals surface area contributed by atoms with Gasteiger partial charge in [0, 0.05) is 20.1 Å². The van der Waals surface area contributed by atoms with Crippen LogP contribution in [0.15, 0.2) is 0 Å². The number of carboxylic acid groups (broad SMARTS) is 1. The van der Waals surface area contributed by atoms with Crippen LogP contribution in [0, 0.1) is 6.92 Å². The molecule has 0 amide bonds. The third kappa shape index (κ3) is 1.16. The monoisotopic (exact) mass is 195 g/mol. The lowest BCUT2D eigenvalue weighted by Crippen LogP contribution is -2.29. The van der Waals surface area contributed by atoms with Gasteiger partial charge in [0.25, 0.3) is 0 Å². The molecule has 5 nitrogen and oxygen atoms in total. The van der Waals surface area contributed by atoms with E-state index in [1.807, 2.05) is 11.9 Å². The molecular weight excluding hydrogens is 182 g/mol. The summed E-state index contributed by atoms with van der Waals surface area (Å²) in [6.45, 7) is 3.45. The van der Waals surface area contributed by atoms with E-state index in [2.05, 4.69) is 5.10 Å². The molecule has 0 aromatic carbocycles. The number of aromatic nitrogens is 2. The summed E-state index contributed by atoms with van der Waals surface area (Å²) in [5.41, 5.74) is 0.938. The summed E-state index contributed by atoms with van der Waals surface area (Å²) in [6, 6.07) is 0. The van der Waals surface area contributed by atoms with E-state index in [4.69, 9.17) is 5.11 Å². The minimum absolute atomic E-state index is 0.340. The lowest BCUT2D eigenvalue weighted by molar-refractivity contribution is 0.0696. The second kappa shape index (κ2) is 3.01. The van der Waals surface area contributed by atoms with E-state index in [1.165, 1.54) is 0 Å². The Balaban J connectivity index is 2.59. The molecule has 0 aliphatic carbocycles. The Bertz CT molecular complexity index is 384. The number of hydrogen-bond donors (Lipinski definition) is 1. The van der Waals surface area contributed by atoms with Gasteiger partial charge in [-0.05, 0) is 13.3 Å². The molecule has 0 unspecified atom stereocenters. The molecule has 0 saturated heterocycles. The van der Waals surface area contributed by atoms with E-state index in [0.29, 0.717) is 11.3 Å². The number of anilines is 1. The number of rotatable bonds is 1. The number of hydrogen-bond acceptors (Lipinski definition) is 3.